The minimum absolute atomic E-state index is 0.0637. The fraction of sp³-hybridized carbons (Fsp3) is 0.769. The van der Waals surface area contributed by atoms with Gasteiger partial charge in [0.25, 0.3) is 0 Å². The summed E-state index contributed by atoms with van der Waals surface area (Å²) in [4.78, 5) is 12.3. The molecule has 1 saturated heterocycles. The third kappa shape index (κ3) is 1.79. The van der Waals surface area contributed by atoms with Crippen LogP contribution < -0.4 is 0 Å². The van der Waals surface area contributed by atoms with Crippen molar-refractivity contribution in [3.05, 3.63) is 9.66 Å². The highest BCUT2D eigenvalue weighted by Crippen LogP contribution is 2.55. The Morgan fingerprint density at radius 3 is 3.06 bits per heavy atom. The molecular weight excluding hydrogens is 331 g/mol. The van der Waals surface area contributed by atoms with Gasteiger partial charge in [-0.2, -0.15) is 0 Å². The molecule has 2 fully saturated rings. The molecule has 0 aromatic heterocycles. The first kappa shape index (κ1) is 12.1. The summed E-state index contributed by atoms with van der Waals surface area (Å²) in [5.41, 5.74) is -0.444. The van der Waals surface area contributed by atoms with Crippen molar-refractivity contribution in [1.29, 1.82) is 0 Å². The summed E-state index contributed by atoms with van der Waals surface area (Å²) in [6, 6.07) is 0. The first-order valence-corrected chi connectivity index (χ1v) is 7.44. The average molecular weight is 348 g/mol. The molecule has 4 aliphatic rings. The van der Waals surface area contributed by atoms with E-state index in [1.807, 2.05) is 0 Å². The number of hydrogen-bond donors (Lipinski definition) is 0. The monoisotopic (exact) mass is 348 g/mol. The second-order valence-electron chi connectivity index (χ2n) is 5.17. The summed E-state index contributed by atoms with van der Waals surface area (Å²) in [7, 11) is 0. The zero-order chi connectivity index (χ0) is 12.0. The second-order valence-corrected chi connectivity index (χ2v) is 6.42. The molecule has 4 heteroatoms. The van der Waals surface area contributed by atoms with E-state index < -0.39 is 5.60 Å². The molecule has 0 amide bonds. The molecular formula is C13H17IO3. The van der Waals surface area contributed by atoms with Crippen LogP contribution in [0.2, 0.25) is 0 Å². The van der Waals surface area contributed by atoms with Gasteiger partial charge in [0, 0.05) is 12.5 Å². The number of halogens is 1. The van der Waals surface area contributed by atoms with Gasteiger partial charge in [-0.15, -0.1) is 0 Å². The van der Waals surface area contributed by atoms with Crippen molar-refractivity contribution < 1.29 is 14.3 Å². The van der Waals surface area contributed by atoms with Gasteiger partial charge in [-0.1, -0.05) is 19.4 Å². The molecule has 1 heterocycles. The maximum atomic E-state index is 12.3. The molecule has 3 unspecified atom stereocenters. The SMILES string of the molecule is CCCCOC1CC2C(I)=CC1C(=O)[C@]21CO1. The lowest BCUT2D eigenvalue weighted by molar-refractivity contribution is -0.140. The van der Waals surface area contributed by atoms with Crippen LogP contribution in [0.4, 0.5) is 0 Å². The normalized spacial score (nSPS) is 43.1. The maximum Gasteiger partial charge on any atom is 0.177 e. The number of ether oxygens (including phenoxy) is 2. The van der Waals surface area contributed by atoms with Crippen LogP contribution in [0.1, 0.15) is 26.2 Å². The molecule has 2 bridgehead atoms. The molecule has 0 radical (unpaired) electrons. The Labute approximate surface area is 115 Å². The van der Waals surface area contributed by atoms with Crippen molar-refractivity contribution in [1.82, 2.24) is 0 Å². The van der Waals surface area contributed by atoms with E-state index >= 15 is 0 Å². The van der Waals surface area contributed by atoms with E-state index in [0.29, 0.717) is 6.61 Å². The Morgan fingerprint density at radius 1 is 1.65 bits per heavy atom. The van der Waals surface area contributed by atoms with Crippen LogP contribution in [0.15, 0.2) is 9.66 Å². The largest absolute Gasteiger partial charge is 0.377 e. The molecule has 4 atom stereocenters. The molecule has 94 valence electrons. The molecule has 4 rings (SSSR count). The minimum atomic E-state index is -0.444. The Bertz CT molecular complexity index is 373. The van der Waals surface area contributed by atoms with Gasteiger partial charge in [0.1, 0.15) is 0 Å². The number of Topliss-reactive ketones (excluding diaryl/α,β-unsaturated/α-hetero) is 1. The summed E-state index contributed by atoms with van der Waals surface area (Å²) < 4.78 is 12.6. The van der Waals surface area contributed by atoms with Crippen molar-refractivity contribution >= 4 is 28.4 Å². The molecule has 1 aliphatic heterocycles. The first-order valence-electron chi connectivity index (χ1n) is 6.36. The third-order valence-corrected chi connectivity index (χ3v) is 5.22. The lowest BCUT2D eigenvalue weighted by Gasteiger charge is -2.42. The Hall–Kier alpha value is 0.0600. The topological polar surface area (TPSA) is 38.8 Å². The van der Waals surface area contributed by atoms with Crippen LogP contribution in [-0.2, 0) is 14.3 Å². The van der Waals surface area contributed by atoms with E-state index in [0.717, 1.165) is 25.9 Å². The van der Waals surface area contributed by atoms with Gasteiger partial charge in [0.2, 0.25) is 0 Å². The average Bonchev–Trinajstić information content (AvgIpc) is 3.09. The van der Waals surface area contributed by atoms with Crippen LogP contribution in [0.3, 0.4) is 0 Å². The van der Waals surface area contributed by atoms with Crippen LogP contribution in [0, 0.1) is 11.8 Å². The van der Waals surface area contributed by atoms with Crippen molar-refractivity contribution in [3.63, 3.8) is 0 Å². The Balaban J connectivity index is 1.74. The van der Waals surface area contributed by atoms with Crippen LogP contribution in [0.5, 0.6) is 0 Å². The van der Waals surface area contributed by atoms with E-state index in [1.54, 1.807) is 0 Å². The molecule has 1 saturated carbocycles. The van der Waals surface area contributed by atoms with Crippen LogP contribution >= 0.6 is 22.6 Å². The van der Waals surface area contributed by atoms with Crippen molar-refractivity contribution in [2.24, 2.45) is 11.8 Å². The molecule has 17 heavy (non-hydrogen) atoms. The Kier molecular flexibility index (Phi) is 3.07. The van der Waals surface area contributed by atoms with Gasteiger partial charge in [-0.05, 0) is 39.0 Å². The van der Waals surface area contributed by atoms with Crippen LogP contribution in [0.25, 0.3) is 0 Å². The van der Waals surface area contributed by atoms with Gasteiger partial charge in [-0.3, -0.25) is 4.79 Å². The fourth-order valence-electron chi connectivity index (χ4n) is 2.97. The Morgan fingerprint density at radius 2 is 2.41 bits per heavy atom. The van der Waals surface area contributed by atoms with E-state index in [1.165, 1.54) is 3.58 Å². The number of rotatable bonds is 4. The zero-order valence-electron chi connectivity index (χ0n) is 9.95. The van der Waals surface area contributed by atoms with Crippen molar-refractivity contribution in [2.45, 2.75) is 37.9 Å². The molecule has 1 spiro atoms. The van der Waals surface area contributed by atoms with E-state index in [-0.39, 0.29) is 23.7 Å². The molecule has 3 nitrogen and oxygen atoms in total. The first-order chi connectivity index (χ1) is 8.19. The van der Waals surface area contributed by atoms with Crippen LogP contribution in [-0.4, -0.2) is 30.7 Å². The predicted octanol–water partition coefficient (Wildman–Crippen LogP) is 2.48. The summed E-state index contributed by atoms with van der Waals surface area (Å²) >= 11 is 2.35. The lowest BCUT2D eigenvalue weighted by Crippen LogP contribution is -2.53. The molecule has 0 N–H and O–H groups in total. The van der Waals surface area contributed by atoms with Gasteiger partial charge in [-0.25, -0.2) is 0 Å². The summed E-state index contributed by atoms with van der Waals surface area (Å²) in [5.74, 6) is 0.453. The standard InChI is InChI=1S/C13H17IO3/c1-2-3-4-16-11-6-9-10(14)5-8(11)12(15)13(9)7-17-13/h5,8-9,11H,2-4,6-7H2,1H3/t8?,9?,11?,13-/m0/s1. The number of hydrogen-bond acceptors (Lipinski definition) is 3. The highest BCUT2D eigenvalue weighted by atomic mass is 127. The second kappa shape index (κ2) is 4.31. The molecule has 0 aromatic rings. The predicted molar refractivity (Wildman–Crippen MR) is 72.0 cm³/mol. The van der Waals surface area contributed by atoms with Crippen molar-refractivity contribution in [3.8, 4) is 0 Å². The quantitative estimate of drug-likeness (QED) is 0.445. The van der Waals surface area contributed by atoms with Gasteiger partial charge in [0.05, 0.1) is 18.6 Å². The minimum Gasteiger partial charge on any atom is -0.377 e. The van der Waals surface area contributed by atoms with E-state index in [2.05, 4.69) is 35.6 Å². The number of unbranched alkanes of at least 4 members (excludes halogenated alkanes) is 1. The molecule has 0 aromatic carbocycles. The van der Waals surface area contributed by atoms with E-state index in [9.17, 15) is 4.79 Å². The zero-order valence-corrected chi connectivity index (χ0v) is 12.1. The number of epoxide rings is 1. The van der Waals surface area contributed by atoms with E-state index in [4.69, 9.17) is 9.47 Å². The van der Waals surface area contributed by atoms with Crippen molar-refractivity contribution in [2.75, 3.05) is 13.2 Å². The van der Waals surface area contributed by atoms with Gasteiger partial charge >= 0.3 is 0 Å². The number of carbonyl (C=O) groups is 1. The summed E-state index contributed by atoms with van der Waals surface area (Å²) in [5, 5.41) is 0. The number of fused-ring (bicyclic) bond motifs is 1. The van der Waals surface area contributed by atoms with Gasteiger partial charge in [0.15, 0.2) is 11.4 Å². The number of carbonyl (C=O) groups excluding carboxylic acids is 1. The highest BCUT2D eigenvalue weighted by Gasteiger charge is 2.66. The summed E-state index contributed by atoms with van der Waals surface area (Å²) in [6.07, 6.45) is 5.35. The maximum absolute atomic E-state index is 12.3. The summed E-state index contributed by atoms with van der Waals surface area (Å²) in [6.45, 7) is 3.54. The fourth-order valence-corrected chi connectivity index (χ4v) is 4.11. The van der Waals surface area contributed by atoms with Gasteiger partial charge < -0.3 is 9.47 Å². The number of ketones is 1. The smallest absolute Gasteiger partial charge is 0.177 e. The molecule has 3 aliphatic carbocycles. The highest BCUT2D eigenvalue weighted by molar-refractivity contribution is 14.1. The third-order valence-electron chi connectivity index (χ3n) is 4.11. The lowest BCUT2D eigenvalue weighted by atomic mass is 9.66.